The van der Waals surface area contributed by atoms with Crippen LogP contribution in [0.1, 0.15) is 18.1 Å². The number of carbonyl (C=O) groups is 1. The molecular weight excluding hydrogens is 363 g/mol. The van der Waals surface area contributed by atoms with Gasteiger partial charge >= 0.3 is 0 Å². The maximum absolute atomic E-state index is 14.0. The fourth-order valence-corrected chi connectivity index (χ4v) is 3.56. The second-order valence-electron chi connectivity index (χ2n) is 6.36. The molecule has 0 aliphatic carbocycles. The van der Waals surface area contributed by atoms with Gasteiger partial charge in [-0.1, -0.05) is 42.1 Å². The van der Waals surface area contributed by atoms with E-state index in [2.05, 4.69) is 15.5 Å². The Balaban J connectivity index is 1.76. The van der Waals surface area contributed by atoms with E-state index in [1.165, 1.54) is 17.8 Å². The summed E-state index contributed by atoms with van der Waals surface area (Å²) in [6.07, 6.45) is 0. The standard InChI is InChI=1S/C20H21FN4OS/c1-12-8-7-9-13(2)17(12)22-19(26)14(3)27-20-24-23-18(25(20)4)15-10-5-6-11-16(15)21/h5-11,14H,1-4H3,(H,22,26). The number of amides is 1. The molecule has 1 unspecified atom stereocenters. The van der Waals surface area contributed by atoms with Crippen molar-refractivity contribution >= 4 is 23.4 Å². The molecule has 0 saturated heterocycles. The van der Waals surface area contributed by atoms with Gasteiger partial charge in [0.25, 0.3) is 0 Å². The number of nitrogens with zero attached hydrogens (tertiary/aromatic N) is 3. The summed E-state index contributed by atoms with van der Waals surface area (Å²) in [5, 5.41) is 11.4. The van der Waals surface area contributed by atoms with E-state index < -0.39 is 0 Å². The van der Waals surface area contributed by atoms with E-state index in [4.69, 9.17) is 0 Å². The summed E-state index contributed by atoms with van der Waals surface area (Å²) in [7, 11) is 1.76. The van der Waals surface area contributed by atoms with E-state index >= 15 is 0 Å². The molecule has 1 aromatic heterocycles. The van der Waals surface area contributed by atoms with Gasteiger partial charge in [-0.2, -0.15) is 0 Å². The van der Waals surface area contributed by atoms with E-state index in [1.54, 1.807) is 29.8 Å². The van der Waals surface area contributed by atoms with Gasteiger partial charge in [-0.15, -0.1) is 10.2 Å². The molecule has 27 heavy (non-hydrogen) atoms. The van der Waals surface area contributed by atoms with E-state index in [9.17, 15) is 9.18 Å². The van der Waals surface area contributed by atoms with Crippen molar-refractivity contribution in [3.05, 3.63) is 59.4 Å². The number of para-hydroxylation sites is 1. The molecule has 2 aromatic carbocycles. The molecule has 7 heteroatoms. The van der Waals surface area contributed by atoms with E-state index in [0.29, 0.717) is 16.5 Å². The summed E-state index contributed by atoms with van der Waals surface area (Å²) in [5.74, 6) is -0.0452. The van der Waals surface area contributed by atoms with Crippen molar-refractivity contribution in [3.63, 3.8) is 0 Å². The SMILES string of the molecule is Cc1cccc(C)c1NC(=O)C(C)Sc1nnc(-c2ccccc2F)n1C. The van der Waals surface area contributed by atoms with Crippen molar-refractivity contribution < 1.29 is 9.18 Å². The summed E-state index contributed by atoms with van der Waals surface area (Å²) in [6.45, 7) is 5.73. The Labute approximate surface area is 162 Å². The minimum Gasteiger partial charge on any atom is -0.325 e. The second kappa shape index (κ2) is 7.92. The van der Waals surface area contributed by atoms with Crippen molar-refractivity contribution in [3.8, 4) is 11.4 Å². The van der Waals surface area contributed by atoms with Crippen LogP contribution in [0.25, 0.3) is 11.4 Å². The van der Waals surface area contributed by atoms with Crippen LogP contribution >= 0.6 is 11.8 Å². The first-order valence-corrected chi connectivity index (χ1v) is 9.44. The molecule has 0 bridgehead atoms. The number of hydrogen-bond acceptors (Lipinski definition) is 4. The van der Waals surface area contributed by atoms with Gasteiger partial charge in [0, 0.05) is 12.7 Å². The Morgan fingerprint density at radius 3 is 2.44 bits per heavy atom. The molecule has 3 rings (SSSR count). The highest BCUT2D eigenvalue weighted by Gasteiger charge is 2.21. The lowest BCUT2D eigenvalue weighted by Crippen LogP contribution is -2.23. The topological polar surface area (TPSA) is 59.8 Å². The highest BCUT2D eigenvalue weighted by atomic mass is 32.2. The summed E-state index contributed by atoms with van der Waals surface area (Å²) in [6, 6.07) is 12.3. The zero-order chi connectivity index (χ0) is 19.6. The first-order valence-electron chi connectivity index (χ1n) is 8.56. The smallest absolute Gasteiger partial charge is 0.237 e. The molecule has 0 saturated carbocycles. The summed E-state index contributed by atoms with van der Waals surface area (Å²) in [5.41, 5.74) is 3.24. The molecule has 5 nitrogen and oxygen atoms in total. The average molecular weight is 384 g/mol. The number of rotatable bonds is 5. The lowest BCUT2D eigenvalue weighted by atomic mass is 10.1. The first kappa shape index (κ1) is 19.1. The first-order chi connectivity index (χ1) is 12.9. The molecule has 0 aliphatic heterocycles. The summed E-state index contributed by atoms with van der Waals surface area (Å²) >= 11 is 1.29. The highest BCUT2D eigenvalue weighted by molar-refractivity contribution is 8.00. The van der Waals surface area contributed by atoms with E-state index in [-0.39, 0.29) is 17.0 Å². The second-order valence-corrected chi connectivity index (χ2v) is 7.67. The number of halogens is 1. The van der Waals surface area contributed by atoms with Crippen LogP contribution in [0.15, 0.2) is 47.6 Å². The minimum absolute atomic E-state index is 0.118. The summed E-state index contributed by atoms with van der Waals surface area (Å²) < 4.78 is 15.7. The van der Waals surface area contributed by atoms with Crippen LogP contribution in [-0.4, -0.2) is 25.9 Å². The quantitative estimate of drug-likeness (QED) is 0.664. The van der Waals surface area contributed by atoms with Crippen LogP contribution in [-0.2, 0) is 11.8 Å². The maximum Gasteiger partial charge on any atom is 0.237 e. The van der Waals surface area contributed by atoms with E-state index in [1.807, 2.05) is 39.0 Å². The minimum atomic E-state index is -0.389. The number of hydrogen-bond donors (Lipinski definition) is 1. The molecule has 1 atom stereocenters. The molecule has 1 amide bonds. The van der Waals surface area contributed by atoms with Crippen LogP contribution in [0.4, 0.5) is 10.1 Å². The molecule has 0 aliphatic rings. The molecule has 1 heterocycles. The molecule has 1 N–H and O–H groups in total. The Morgan fingerprint density at radius 2 is 1.78 bits per heavy atom. The molecular formula is C20H21FN4OS. The highest BCUT2D eigenvalue weighted by Crippen LogP contribution is 2.28. The summed E-state index contributed by atoms with van der Waals surface area (Å²) in [4.78, 5) is 12.6. The predicted molar refractivity (Wildman–Crippen MR) is 106 cm³/mol. The van der Waals surface area contributed by atoms with Crippen LogP contribution in [0.2, 0.25) is 0 Å². The van der Waals surface area contributed by atoms with Gasteiger partial charge < -0.3 is 9.88 Å². The number of nitrogens with one attached hydrogen (secondary N) is 1. The average Bonchev–Trinajstić information content (AvgIpc) is 2.99. The molecule has 140 valence electrons. The van der Waals surface area contributed by atoms with Crippen molar-refractivity contribution in [2.75, 3.05) is 5.32 Å². The van der Waals surface area contributed by atoms with Crippen molar-refractivity contribution in [2.24, 2.45) is 7.05 Å². The van der Waals surface area contributed by atoms with Gasteiger partial charge in [-0.25, -0.2) is 4.39 Å². The van der Waals surface area contributed by atoms with E-state index in [0.717, 1.165) is 16.8 Å². The number of thioether (sulfide) groups is 1. The van der Waals surface area contributed by atoms with Crippen LogP contribution in [0.3, 0.4) is 0 Å². The number of anilines is 1. The molecule has 0 spiro atoms. The van der Waals surface area contributed by atoms with Crippen molar-refractivity contribution in [1.82, 2.24) is 14.8 Å². The largest absolute Gasteiger partial charge is 0.325 e. The monoisotopic (exact) mass is 384 g/mol. The Hall–Kier alpha value is -2.67. The van der Waals surface area contributed by atoms with Gasteiger partial charge in [-0.3, -0.25) is 4.79 Å². The van der Waals surface area contributed by atoms with Gasteiger partial charge in [0.15, 0.2) is 11.0 Å². The normalized spacial score (nSPS) is 12.0. The fraction of sp³-hybridized carbons (Fsp3) is 0.250. The molecule has 0 radical (unpaired) electrons. The Kier molecular flexibility index (Phi) is 5.60. The Bertz CT molecular complexity index is 966. The van der Waals surface area contributed by atoms with Crippen LogP contribution in [0.5, 0.6) is 0 Å². The zero-order valence-electron chi connectivity index (χ0n) is 15.7. The predicted octanol–water partition coefficient (Wildman–Crippen LogP) is 4.36. The molecule has 3 aromatic rings. The third-order valence-corrected chi connectivity index (χ3v) is 5.46. The Morgan fingerprint density at radius 1 is 1.11 bits per heavy atom. The van der Waals surface area contributed by atoms with Crippen molar-refractivity contribution in [2.45, 2.75) is 31.2 Å². The van der Waals surface area contributed by atoms with Gasteiger partial charge in [0.1, 0.15) is 5.82 Å². The third kappa shape index (κ3) is 4.03. The van der Waals surface area contributed by atoms with Gasteiger partial charge in [0.2, 0.25) is 5.91 Å². The number of aryl methyl sites for hydroxylation is 2. The maximum atomic E-state index is 14.0. The van der Waals surface area contributed by atoms with Gasteiger partial charge in [0.05, 0.1) is 10.8 Å². The van der Waals surface area contributed by atoms with Crippen LogP contribution in [0, 0.1) is 19.7 Å². The lowest BCUT2D eigenvalue weighted by molar-refractivity contribution is -0.115. The number of carbonyl (C=O) groups excluding carboxylic acids is 1. The zero-order valence-corrected chi connectivity index (χ0v) is 16.5. The fourth-order valence-electron chi connectivity index (χ4n) is 2.74. The third-order valence-electron chi connectivity index (χ3n) is 4.33. The van der Waals surface area contributed by atoms with Crippen molar-refractivity contribution in [1.29, 1.82) is 0 Å². The van der Waals surface area contributed by atoms with Gasteiger partial charge in [-0.05, 0) is 44.0 Å². The number of aromatic nitrogens is 3. The van der Waals surface area contributed by atoms with Crippen LogP contribution < -0.4 is 5.32 Å². The molecule has 0 fully saturated rings. The number of benzene rings is 2. The lowest BCUT2D eigenvalue weighted by Gasteiger charge is -2.15.